The van der Waals surface area contributed by atoms with Crippen LogP contribution < -0.4 is 11.1 Å². The Morgan fingerprint density at radius 1 is 1.30 bits per heavy atom. The molecular weight excluding hydrogens is 262 g/mol. The molecule has 0 saturated heterocycles. The van der Waals surface area contributed by atoms with E-state index in [1.807, 2.05) is 0 Å². The van der Waals surface area contributed by atoms with Crippen molar-refractivity contribution in [2.45, 2.75) is 44.1 Å². The number of carbonyl (C=O) groups excluding carboxylic acids is 1. The van der Waals surface area contributed by atoms with Crippen molar-refractivity contribution in [1.29, 1.82) is 0 Å². The van der Waals surface area contributed by atoms with Crippen molar-refractivity contribution in [3.05, 3.63) is 35.4 Å². The van der Waals surface area contributed by atoms with Gasteiger partial charge in [0.2, 0.25) is 5.91 Å². The fraction of sp³-hybridized carbons (Fsp3) is 0.533. The second kappa shape index (κ2) is 6.31. The summed E-state index contributed by atoms with van der Waals surface area (Å²) in [5, 5.41) is 2.97. The van der Waals surface area contributed by atoms with Gasteiger partial charge in [0.05, 0.1) is 5.54 Å². The summed E-state index contributed by atoms with van der Waals surface area (Å²) in [5.74, 6) is -1.90. The van der Waals surface area contributed by atoms with Gasteiger partial charge in [-0.1, -0.05) is 25.0 Å². The van der Waals surface area contributed by atoms with Crippen LogP contribution in [-0.2, 0) is 11.2 Å². The van der Waals surface area contributed by atoms with Crippen molar-refractivity contribution in [3.8, 4) is 0 Å². The van der Waals surface area contributed by atoms with Crippen LogP contribution in [0.25, 0.3) is 0 Å². The highest BCUT2D eigenvalue weighted by Crippen LogP contribution is 2.28. The van der Waals surface area contributed by atoms with Gasteiger partial charge in [0.1, 0.15) is 0 Å². The van der Waals surface area contributed by atoms with Crippen LogP contribution in [0.4, 0.5) is 8.78 Å². The highest BCUT2D eigenvalue weighted by molar-refractivity contribution is 5.77. The number of carbonyl (C=O) groups is 1. The van der Waals surface area contributed by atoms with E-state index >= 15 is 0 Å². The molecule has 0 unspecified atom stereocenters. The zero-order valence-corrected chi connectivity index (χ0v) is 11.4. The van der Waals surface area contributed by atoms with Crippen molar-refractivity contribution < 1.29 is 13.6 Å². The first-order chi connectivity index (χ1) is 9.56. The number of aryl methyl sites for hydroxylation is 1. The fourth-order valence-corrected chi connectivity index (χ4v) is 2.78. The average Bonchev–Trinajstić information content (AvgIpc) is 2.89. The van der Waals surface area contributed by atoms with Crippen LogP contribution in [0.1, 0.15) is 37.7 Å². The van der Waals surface area contributed by atoms with Gasteiger partial charge in [-0.3, -0.25) is 4.79 Å². The molecule has 3 N–H and O–H groups in total. The molecule has 0 spiro atoms. The SMILES string of the molecule is NCC1(NC(=O)CCc2cccc(F)c2F)CCCC1. The van der Waals surface area contributed by atoms with Gasteiger partial charge in [-0.15, -0.1) is 0 Å². The third kappa shape index (κ3) is 3.33. The first-order valence-corrected chi connectivity index (χ1v) is 7.00. The van der Waals surface area contributed by atoms with E-state index in [0.717, 1.165) is 31.7 Å². The molecule has 20 heavy (non-hydrogen) atoms. The summed E-state index contributed by atoms with van der Waals surface area (Å²) in [6, 6.07) is 4.02. The summed E-state index contributed by atoms with van der Waals surface area (Å²) >= 11 is 0. The second-order valence-electron chi connectivity index (χ2n) is 5.45. The van der Waals surface area contributed by atoms with Gasteiger partial charge >= 0.3 is 0 Å². The Morgan fingerprint density at radius 2 is 2.00 bits per heavy atom. The molecule has 5 heteroatoms. The molecule has 1 aromatic rings. The Bertz CT molecular complexity index is 485. The average molecular weight is 282 g/mol. The Labute approximate surface area is 117 Å². The summed E-state index contributed by atoms with van der Waals surface area (Å²) in [5.41, 5.74) is 5.68. The van der Waals surface area contributed by atoms with Gasteiger partial charge in [0.25, 0.3) is 0 Å². The maximum atomic E-state index is 13.5. The summed E-state index contributed by atoms with van der Waals surface area (Å²) in [7, 11) is 0. The van der Waals surface area contributed by atoms with E-state index in [1.54, 1.807) is 0 Å². The van der Waals surface area contributed by atoms with Crippen LogP contribution in [0.15, 0.2) is 18.2 Å². The van der Waals surface area contributed by atoms with Gasteiger partial charge in [0.15, 0.2) is 11.6 Å². The minimum absolute atomic E-state index is 0.141. The Balaban J connectivity index is 1.90. The van der Waals surface area contributed by atoms with Crippen molar-refractivity contribution in [2.75, 3.05) is 6.54 Å². The molecule has 2 rings (SSSR count). The number of hydrogen-bond acceptors (Lipinski definition) is 2. The number of nitrogens with one attached hydrogen (secondary N) is 1. The van der Waals surface area contributed by atoms with Crippen LogP contribution in [0.5, 0.6) is 0 Å². The molecule has 0 heterocycles. The standard InChI is InChI=1S/C15H20F2N2O/c16-12-5-3-4-11(14(12)17)6-7-13(20)19-15(10-18)8-1-2-9-15/h3-5H,1-2,6-10,18H2,(H,19,20). The Hall–Kier alpha value is -1.49. The van der Waals surface area contributed by atoms with Crippen LogP contribution >= 0.6 is 0 Å². The van der Waals surface area contributed by atoms with Gasteiger partial charge in [0, 0.05) is 13.0 Å². The van der Waals surface area contributed by atoms with Gasteiger partial charge < -0.3 is 11.1 Å². The fourth-order valence-electron chi connectivity index (χ4n) is 2.78. The molecule has 0 aromatic heterocycles. The molecule has 0 aliphatic heterocycles. The number of hydrogen-bond donors (Lipinski definition) is 2. The van der Waals surface area contributed by atoms with E-state index in [9.17, 15) is 13.6 Å². The van der Waals surface area contributed by atoms with Crippen molar-refractivity contribution in [2.24, 2.45) is 5.73 Å². The molecule has 1 fully saturated rings. The summed E-state index contributed by atoms with van der Waals surface area (Å²) in [6.07, 6.45) is 4.25. The lowest BCUT2D eigenvalue weighted by molar-refractivity contribution is -0.122. The minimum atomic E-state index is -0.878. The molecule has 0 bridgehead atoms. The zero-order chi connectivity index (χ0) is 14.6. The lowest BCUT2D eigenvalue weighted by Crippen LogP contribution is -2.51. The largest absolute Gasteiger partial charge is 0.349 e. The molecule has 1 amide bonds. The normalized spacial score (nSPS) is 17.1. The zero-order valence-electron chi connectivity index (χ0n) is 11.4. The second-order valence-corrected chi connectivity index (χ2v) is 5.45. The van der Waals surface area contributed by atoms with Crippen molar-refractivity contribution in [3.63, 3.8) is 0 Å². The highest BCUT2D eigenvalue weighted by atomic mass is 19.2. The van der Waals surface area contributed by atoms with Crippen molar-refractivity contribution in [1.82, 2.24) is 5.32 Å². The third-order valence-electron chi connectivity index (χ3n) is 4.01. The van der Waals surface area contributed by atoms with Gasteiger partial charge in [-0.2, -0.15) is 0 Å². The molecule has 3 nitrogen and oxygen atoms in total. The number of rotatable bonds is 5. The maximum Gasteiger partial charge on any atom is 0.220 e. The van der Waals surface area contributed by atoms with Crippen LogP contribution in [0.2, 0.25) is 0 Å². The smallest absolute Gasteiger partial charge is 0.220 e. The van der Waals surface area contributed by atoms with Gasteiger partial charge in [-0.05, 0) is 30.9 Å². The number of nitrogens with two attached hydrogens (primary N) is 1. The van der Waals surface area contributed by atoms with E-state index in [1.165, 1.54) is 12.1 Å². The molecular formula is C15H20F2N2O. The summed E-state index contributed by atoms with van der Waals surface area (Å²) < 4.78 is 26.5. The van der Waals surface area contributed by atoms with E-state index in [4.69, 9.17) is 5.73 Å². The predicted molar refractivity (Wildman–Crippen MR) is 73.1 cm³/mol. The van der Waals surface area contributed by atoms with E-state index < -0.39 is 11.6 Å². The molecule has 1 saturated carbocycles. The van der Waals surface area contributed by atoms with E-state index in [0.29, 0.717) is 6.54 Å². The van der Waals surface area contributed by atoms with Crippen LogP contribution in [0.3, 0.4) is 0 Å². The number of benzene rings is 1. The van der Waals surface area contributed by atoms with Gasteiger partial charge in [-0.25, -0.2) is 8.78 Å². The maximum absolute atomic E-state index is 13.5. The predicted octanol–water partition coefficient (Wildman–Crippen LogP) is 2.29. The molecule has 1 aliphatic carbocycles. The quantitative estimate of drug-likeness (QED) is 0.870. The Kier molecular flexibility index (Phi) is 4.70. The molecule has 0 radical (unpaired) electrons. The monoisotopic (exact) mass is 282 g/mol. The van der Waals surface area contributed by atoms with Crippen LogP contribution in [0, 0.1) is 11.6 Å². The van der Waals surface area contributed by atoms with Crippen LogP contribution in [-0.4, -0.2) is 18.0 Å². The molecule has 1 aromatic carbocycles. The molecule has 110 valence electrons. The number of amides is 1. The minimum Gasteiger partial charge on any atom is -0.349 e. The third-order valence-corrected chi connectivity index (χ3v) is 4.01. The van der Waals surface area contributed by atoms with E-state index in [2.05, 4.69) is 5.32 Å². The molecule has 0 atom stereocenters. The first kappa shape index (κ1) is 14.9. The first-order valence-electron chi connectivity index (χ1n) is 7.00. The summed E-state index contributed by atoms with van der Waals surface area (Å²) in [6.45, 7) is 0.424. The topological polar surface area (TPSA) is 55.1 Å². The molecule has 1 aliphatic rings. The lowest BCUT2D eigenvalue weighted by atomic mass is 9.97. The van der Waals surface area contributed by atoms with Crippen molar-refractivity contribution >= 4 is 5.91 Å². The highest BCUT2D eigenvalue weighted by Gasteiger charge is 2.33. The Morgan fingerprint density at radius 3 is 2.65 bits per heavy atom. The van der Waals surface area contributed by atoms with E-state index in [-0.39, 0.29) is 29.9 Å². The summed E-state index contributed by atoms with van der Waals surface area (Å²) in [4.78, 5) is 11.9. The number of halogens is 2. The lowest BCUT2D eigenvalue weighted by Gasteiger charge is -2.28.